The van der Waals surface area contributed by atoms with Gasteiger partial charge in [-0.25, -0.2) is 0 Å². The number of hydrogen-bond donors (Lipinski definition) is 1. The van der Waals surface area contributed by atoms with Crippen molar-refractivity contribution in [2.24, 2.45) is 5.73 Å². The smallest absolute Gasteiger partial charge is 0.0597 e. The van der Waals surface area contributed by atoms with E-state index in [2.05, 4.69) is 41.6 Å². The van der Waals surface area contributed by atoms with Crippen LogP contribution in [0.3, 0.4) is 0 Å². The van der Waals surface area contributed by atoms with E-state index in [1.807, 2.05) is 0 Å². The van der Waals surface area contributed by atoms with Crippen LogP contribution in [0.5, 0.6) is 0 Å². The van der Waals surface area contributed by atoms with Crippen molar-refractivity contribution in [3.05, 3.63) is 17.5 Å². The highest BCUT2D eigenvalue weighted by Crippen LogP contribution is 2.07. The van der Waals surface area contributed by atoms with Gasteiger partial charge in [0.05, 0.1) is 11.4 Å². The normalized spacial score (nSPS) is 11.4. The highest BCUT2D eigenvalue weighted by molar-refractivity contribution is 5.08. The van der Waals surface area contributed by atoms with E-state index in [-0.39, 0.29) is 0 Å². The van der Waals surface area contributed by atoms with E-state index < -0.39 is 0 Å². The van der Waals surface area contributed by atoms with Crippen LogP contribution in [0, 0.1) is 6.92 Å². The Labute approximate surface area is 105 Å². The van der Waals surface area contributed by atoms with Crippen molar-refractivity contribution in [1.82, 2.24) is 14.7 Å². The predicted molar refractivity (Wildman–Crippen MR) is 71.9 cm³/mol. The SMILES string of the molecule is CCn1nc(C)cc1CN(C)CCCCCN. The van der Waals surface area contributed by atoms with Gasteiger partial charge in [0, 0.05) is 13.1 Å². The molecular weight excluding hydrogens is 212 g/mol. The molecule has 0 amide bonds. The molecule has 1 aromatic heterocycles. The van der Waals surface area contributed by atoms with Crippen LogP contribution in [0.4, 0.5) is 0 Å². The lowest BCUT2D eigenvalue weighted by molar-refractivity contribution is 0.307. The molecule has 0 aliphatic rings. The van der Waals surface area contributed by atoms with Gasteiger partial charge in [0.2, 0.25) is 0 Å². The van der Waals surface area contributed by atoms with E-state index in [1.54, 1.807) is 0 Å². The minimum atomic E-state index is 0.811. The maximum Gasteiger partial charge on any atom is 0.0597 e. The minimum absolute atomic E-state index is 0.811. The Bertz CT molecular complexity index is 319. The lowest BCUT2D eigenvalue weighted by atomic mass is 10.2. The summed E-state index contributed by atoms with van der Waals surface area (Å²) in [5.41, 5.74) is 7.91. The minimum Gasteiger partial charge on any atom is -0.330 e. The molecule has 0 spiro atoms. The van der Waals surface area contributed by atoms with Crippen molar-refractivity contribution in [3.8, 4) is 0 Å². The molecule has 0 atom stereocenters. The van der Waals surface area contributed by atoms with Gasteiger partial charge in [0.1, 0.15) is 0 Å². The van der Waals surface area contributed by atoms with E-state index in [1.165, 1.54) is 18.5 Å². The van der Waals surface area contributed by atoms with E-state index in [0.29, 0.717) is 0 Å². The molecular formula is C13H26N4. The van der Waals surface area contributed by atoms with Crippen molar-refractivity contribution in [2.45, 2.75) is 46.2 Å². The summed E-state index contributed by atoms with van der Waals surface area (Å²) in [6.07, 6.45) is 3.60. The van der Waals surface area contributed by atoms with Gasteiger partial charge in [-0.1, -0.05) is 6.42 Å². The fourth-order valence-corrected chi connectivity index (χ4v) is 2.06. The molecule has 2 N–H and O–H groups in total. The molecule has 0 radical (unpaired) electrons. The average Bonchev–Trinajstić information content (AvgIpc) is 2.65. The van der Waals surface area contributed by atoms with Crippen LogP contribution < -0.4 is 5.73 Å². The fourth-order valence-electron chi connectivity index (χ4n) is 2.06. The van der Waals surface area contributed by atoms with Gasteiger partial charge < -0.3 is 10.6 Å². The summed E-state index contributed by atoms with van der Waals surface area (Å²) in [4.78, 5) is 2.36. The Kier molecular flexibility index (Phi) is 6.22. The molecule has 0 saturated carbocycles. The highest BCUT2D eigenvalue weighted by atomic mass is 15.3. The summed E-state index contributed by atoms with van der Waals surface area (Å²) in [5, 5.41) is 4.47. The standard InChI is InChI=1S/C13H26N4/c1-4-17-13(10-12(2)15-17)11-16(3)9-7-5-6-8-14/h10H,4-9,11,14H2,1-3H3. The summed E-state index contributed by atoms with van der Waals surface area (Å²) in [5.74, 6) is 0. The molecule has 0 bridgehead atoms. The van der Waals surface area contributed by atoms with Gasteiger partial charge in [-0.05, 0) is 52.9 Å². The highest BCUT2D eigenvalue weighted by Gasteiger charge is 2.06. The molecule has 17 heavy (non-hydrogen) atoms. The van der Waals surface area contributed by atoms with Crippen LogP contribution in [-0.2, 0) is 13.1 Å². The van der Waals surface area contributed by atoms with Gasteiger partial charge in [-0.3, -0.25) is 4.68 Å². The zero-order chi connectivity index (χ0) is 12.7. The molecule has 0 aromatic carbocycles. The second kappa shape index (κ2) is 7.45. The molecule has 0 aliphatic carbocycles. The molecule has 4 heteroatoms. The molecule has 1 heterocycles. The van der Waals surface area contributed by atoms with Gasteiger partial charge in [-0.15, -0.1) is 0 Å². The van der Waals surface area contributed by atoms with Crippen molar-refractivity contribution in [1.29, 1.82) is 0 Å². The van der Waals surface area contributed by atoms with Crippen LogP contribution >= 0.6 is 0 Å². The Morgan fingerprint density at radius 3 is 2.76 bits per heavy atom. The maximum absolute atomic E-state index is 5.48. The molecule has 98 valence electrons. The van der Waals surface area contributed by atoms with Gasteiger partial charge in [0.25, 0.3) is 0 Å². The third kappa shape index (κ3) is 4.88. The van der Waals surface area contributed by atoms with Crippen molar-refractivity contribution < 1.29 is 0 Å². The van der Waals surface area contributed by atoms with E-state index in [9.17, 15) is 0 Å². The Balaban J connectivity index is 2.36. The van der Waals surface area contributed by atoms with Crippen LogP contribution in [-0.4, -0.2) is 34.8 Å². The Morgan fingerprint density at radius 1 is 1.35 bits per heavy atom. The van der Waals surface area contributed by atoms with Crippen LogP contribution in [0.15, 0.2) is 6.07 Å². The van der Waals surface area contributed by atoms with Crippen LogP contribution in [0.25, 0.3) is 0 Å². The monoisotopic (exact) mass is 238 g/mol. The van der Waals surface area contributed by atoms with Crippen molar-refractivity contribution in [3.63, 3.8) is 0 Å². The fraction of sp³-hybridized carbons (Fsp3) is 0.769. The molecule has 1 rings (SSSR count). The predicted octanol–water partition coefficient (Wildman–Crippen LogP) is 1.77. The number of aromatic nitrogens is 2. The van der Waals surface area contributed by atoms with E-state index in [0.717, 1.165) is 38.3 Å². The summed E-state index contributed by atoms with van der Waals surface area (Å²) in [6, 6.07) is 2.18. The van der Waals surface area contributed by atoms with Crippen LogP contribution in [0.2, 0.25) is 0 Å². The second-order valence-corrected chi connectivity index (χ2v) is 4.68. The lowest BCUT2D eigenvalue weighted by Gasteiger charge is -2.16. The summed E-state index contributed by atoms with van der Waals surface area (Å²) in [7, 11) is 2.17. The molecule has 1 aromatic rings. The number of rotatable bonds is 8. The average molecular weight is 238 g/mol. The number of hydrogen-bond acceptors (Lipinski definition) is 3. The largest absolute Gasteiger partial charge is 0.330 e. The first-order valence-corrected chi connectivity index (χ1v) is 6.59. The van der Waals surface area contributed by atoms with E-state index >= 15 is 0 Å². The zero-order valence-corrected chi connectivity index (χ0v) is 11.4. The topological polar surface area (TPSA) is 47.1 Å². The molecule has 0 aliphatic heterocycles. The first-order chi connectivity index (χ1) is 8.17. The third-order valence-corrected chi connectivity index (χ3v) is 2.96. The second-order valence-electron chi connectivity index (χ2n) is 4.68. The maximum atomic E-state index is 5.48. The quantitative estimate of drug-likeness (QED) is 0.702. The first kappa shape index (κ1) is 14.2. The number of nitrogens with two attached hydrogens (primary N) is 1. The number of nitrogens with zero attached hydrogens (tertiary/aromatic N) is 3. The Hall–Kier alpha value is -0.870. The number of unbranched alkanes of at least 4 members (excludes halogenated alkanes) is 2. The number of aryl methyl sites for hydroxylation is 2. The Morgan fingerprint density at radius 2 is 2.12 bits per heavy atom. The van der Waals surface area contributed by atoms with Crippen LogP contribution in [0.1, 0.15) is 37.6 Å². The molecule has 0 fully saturated rings. The van der Waals surface area contributed by atoms with Crippen molar-refractivity contribution >= 4 is 0 Å². The summed E-state index contributed by atoms with van der Waals surface area (Å²) in [6.45, 7) is 8.06. The zero-order valence-electron chi connectivity index (χ0n) is 11.4. The molecule has 4 nitrogen and oxygen atoms in total. The summed E-state index contributed by atoms with van der Waals surface area (Å²) >= 11 is 0. The van der Waals surface area contributed by atoms with E-state index in [4.69, 9.17) is 5.73 Å². The lowest BCUT2D eigenvalue weighted by Crippen LogP contribution is -2.21. The van der Waals surface area contributed by atoms with Gasteiger partial charge >= 0.3 is 0 Å². The third-order valence-electron chi connectivity index (χ3n) is 2.96. The summed E-state index contributed by atoms with van der Waals surface area (Å²) < 4.78 is 2.09. The molecule has 0 saturated heterocycles. The first-order valence-electron chi connectivity index (χ1n) is 6.59. The van der Waals surface area contributed by atoms with Crippen molar-refractivity contribution in [2.75, 3.05) is 20.1 Å². The van der Waals surface area contributed by atoms with Gasteiger partial charge in [0.15, 0.2) is 0 Å². The van der Waals surface area contributed by atoms with Gasteiger partial charge in [-0.2, -0.15) is 5.10 Å². The molecule has 0 unspecified atom stereocenters.